The molecule has 0 saturated carbocycles. The molecular formula is C92H120N6O2Zr2. The van der Waals surface area contributed by atoms with Crippen molar-refractivity contribution in [2.75, 3.05) is 9.80 Å². The third-order valence-electron chi connectivity index (χ3n) is 18.8. The SMILES string of the molecule is CC(C)c1cccc(C(C)C)c1-n1c(=[N-])n(-c2c(C(C)C)cccc2C(C)C)c2ccccc21.CC(C)c1cccc(C(C)C)c1O.CC(C)c1cccc(C(C)C)c1O.CC(C)c1ccccc1N1C(=[N-])N(c2ccccc2C(C)C)C(c2ccccc2)C1c1ccccc1.[CH3-].[CH3-].[CH3-].[CH3-].[Zr+3].[Zr+3]. The molecule has 1 fully saturated rings. The van der Waals surface area contributed by atoms with Crippen LogP contribution in [-0.2, 0) is 52.4 Å². The predicted molar refractivity (Wildman–Crippen MR) is 436 cm³/mol. The van der Waals surface area contributed by atoms with Gasteiger partial charge in [-0.3, -0.25) is 0 Å². The zero-order chi connectivity index (χ0) is 70.0. The average molecular weight is 1520 g/mol. The fourth-order valence-corrected chi connectivity index (χ4v) is 13.7. The Balaban J connectivity index is 0.000000495. The van der Waals surface area contributed by atoms with E-state index in [1.54, 1.807) is 0 Å². The molecule has 9 aromatic carbocycles. The number of benzene rings is 9. The van der Waals surface area contributed by atoms with Crippen molar-refractivity contribution in [3.8, 4) is 22.9 Å². The first-order valence-electron chi connectivity index (χ1n) is 35.3. The fourth-order valence-electron chi connectivity index (χ4n) is 13.7. The minimum absolute atomic E-state index is 0. The molecule has 2 atom stereocenters. The Kier molecular flexibility index (Phi) is 36.4. The second kappa shape index (κ2) is 40.8. The maximum absolute atomic E-state index is 12.2. The van der Waals surface area contributed by atoms with E-state index in [2.05, 4.69) is 327 Å². The third kappa shape index (κ3) is 20.0. The number of phenols is 2. The molecule has 2 radical (unpaired) electrons. The molecule has 8 nitrogen and oxygen atoms in total. The molecule has 1 aliphatic heterocycles. The standard InChI is InChI=1S/C33H34N3.C31H38N3.2C12H18O.4CH3.2Zr/c1-23(2)27-19-11-13-21-29(27)35-31(25-15-7-5-8-16-25)32(26-17-9-6-10-18-26)36(33(35)34)30-22-14-12-20-28(30)24(3)4;1-19(2)23-13-11-14-24(20(3)4)29(23)33-27-17-9-10-18-28(27)34(31(33)32)30-25(21(5)6)15-12-16-26(30)22(7)8;2*1-8(2)10-6-5-7-11(9(3)4)12(10)13;;;;;;/h5-24,31-32H,1-4H3;9-22H,1-8H3;2*5-9,13H,1-4H3;4*1H3;;/q2*-1;;;4*-1;2*+3. The van der Waals surface area contributed by atoms with Gasteiger partial charge in [0.15, 0.2) is 0 Å². The summed E-state index contributed by atoms with van der Waals surface area (Å²) in [6.45, 7) is 43.4. The first-order valence-corrected chi connectivity index (χ1v) is 35.3. The number of nitrogens with zero attached hydrogens (tertiary/aromatic N) is 6. The number of hydrogen-bond donors (Lipinski definition) is 2. The third-order valence-corrected chi connectivity index (χ3v) is 18.8. The second-order valence-electron chi connectivity index (χ2n) is 29.0. The number of phenolic OH excluding ortho intramolecular Hbond substituents is 2. The van der Waals surface area contributed by atoms with Crippen LogP contribution in [-0.4, -0.2) is 25.3 Å². The van der Waals surface area contributed by atoms with Gasteiger partial charge in [0.1, 0.15) is 11.5 Å². The van der Waals surface area contributed by atoms with E-state index in [0.717, 1.165) is 56.0 Å². The van der Waals surface area contributed by atoms with Crippen molar-refractivity contribution >= 4 is 28.4 Å². The first kappa shape index (κ1) is 91.0. The summed E-state index contributed by atoms with van der Waals surface area (Å²) in [7, 11) is 0. The largest absolute Gasteiger partial charge is 3.00 e. The molecule has 1 saturated heterocycles. The number of imidazole rings is 1. The molecule has 0 amide bonds. The van der Waals surface area contributed by atoms with Crippen LogP contribution in [0, 0.1) is 29.7 Å². The molecule has 11 rings (SSSR count). The molecule has 2 unspecified atom stereocenters. The van der Waals surface area contributed by atoms with Crippen LogP contribution < -0.4 is 15.4 Å². The van der Waals surface area contributed by atoms with Crippen molar-refractivity contribution < 1.29 is 62.6 Å². The molecule has 0 spiro atoms. The summed E-state index contributed by atoms with van der Waals surface area (Å²) in [5.41, 5.74) is 20.5. The molecule has 1 aromatic heterocycles. The Hall–Kier alpha value is -7.11. The van der Waals surface area contributed by atoms with Gasteiger partial charge < -0.3 is 69.7 Å². The van der Waals surface area contributed by atoms with Gasteiger partial charge in [0.25, 0.3) is 0 Å². The van der Waals surface area contributed by atoms with Crippen LogP contribution in [0.2, 0.25) is 0 Å². The molecule has 1 aliphatic rings. The summed E-state index contributed by atoms with van der Waals surface area (Å²) in [4.78, 5) is 4.30. The van der Waals surface area contributed by atoms with Gasteiger partial charge in [-0.15, -0.1) is 0 Å². The molecule has 2 heterocycles. The monoisotopic (exact) mass is 1520 g/mol. The summed E-state index contributed by atoms with van der Waals surface area (Å²) in [6.07, 6.45) is 0. The zero-order valence-corrected chi connectivity index (χ0v) is 71.1. The number of rotatable bonds is 16. The maximum Gasteiger partial charge on any atom is 3.00 e. The molecular weight excluding hydrogens is 1400 g/mol. The topological polar surface area (TPSA) is 101 Å². The Morgan fingerprint density at radius 3 is 0.716 bits per heavy atom. The van der Waals surface area contributed by atoms with E-state index in [4.69, 9.17) is 0 Å². The second-order valence-corrected chi connectivity index (χ2v) is 29.0. The van der Waals surface area contributed by atoms with Gasteiger partial charge in [0, 0.05) is 34.7 Å². The number of aromatic nitrogens is 2. The van der Waals surface area contributed by atoms with Crippen LogP contribution in [0.3, 0.4) is 0 Å². The van der Waals surface area contributed by atoms with Crippen LogP contribution in [0.25, 0.3) is 33.2 Å². The van der Waals surface area contributed by atoms with Crippen LogP contribution in [0.4, 0.5) is 11.4 Å². The Labute approximate surface area is 656 Å². The van der Waals surface area contributed by atoms with E-state index in [0.29, 0.717) is 70.7 Å². The quantitative estimate of drug-likeness (QED) is 0.0941. The zero-order valence-electron chi connectivity index (χ0n) is 66.1. The van der Waals surface area contributed by atoms with E-state index in [-0.39, 0.29) is 106 Å². The van der Waals surface area contributed by atoms with Crippen molar-refractivity contribution in [1.82, 2.24) is 9.13 Å². The summed E-state index contributed by atoms with van der Waals surface area (Å²) in [5.74, 6) is 4.73. The van der Waals surface area contributed by atoms with Crippen molar-refractivity contribution in [3.63, 3.8) is 0 Å². The summed E-state index contributed by atoms with van der Waals surface area (Å²) in [5, 5.41) is 44.1. The Morgan fingerprint density at radius 1 is 0.265 bits per heavy atom. The smallest absolute Gasteiger partial charge is 0.507 e. The van der Waals surface area contributed by atoms with Crippen LogP contribution in [0.15, 0.2) is 206 Å². The van der Waals surface area contributed by atoms with Gasteiger partial charge in [-0.05, 0) is 149 Å². The number of aromatic hydroxyl groups is 2. The minimum atomic E-state index is -0.117. The first-order chi connectivity index (χ1) is 45.7. The summed E-state index contributed by atoms with van der Waals surface area (Å²) in [6, 6.07) is 71.4. The predicted octanol–water partition coefficient (Wildman–Crippen LogP) is 26.1. The van der Waals surface area contributed by atoms with Gasteiger partial charge in [0.2, 0.25) is 0 Å². The molecule has 0 bridgehead atoms. The number of fused-ring (bicyclic) bond motifs is 1. The van der Waals surface area contributed by atoms with E-state index < -0.39 is 0 Å². The summed E-state index contributed by atoms with van der Waals surface area (Å²) >= 11 is 0. The molecule has 0 aliphatic carbocycles. The van der Waals surface area contributed by atoms with Gasteiger partial charge in [-0.25, -0.2) is 0 Å². The molecule has 2 N–H and O–H groups in total. The molecule has 102 heavy (non-hydrogen) atoms. The minimum Gasteiger partial charge on any atom is -0.507 e. The van der Waals surface area contributed by atoms with Gasteiger partial charge in [0.05, 0.1) is 0 Å². The van der Waals surface area contributed by atoms with Crippen molar-refractivity contribution in [3.05, 3.63) is 319 Å². The Morgan fingerprint density at radius 2 is 0.471 bits per heavy atom. The number of guanidine groups is 1. The maximum atomic E-state index is 12.2. The van der Waals surface area contributed by atoms with Crippen LogP contribution >= 0.6 is 0 Å². The van der Waals surface area contributed by atoms with Gasteiger partial charge in [-0.2, -0.15) is 0 Å². The van der Waals surface area contributed by atoms with E-state index in [1.165, 1.54) is 44.5 Å². The van der Waals surface area contributed by atoms with E-state index in [9.17, 15) is 21.0 Å². The van der Waals surface area contributed by atoms with E-state index >= 15 is 0 Å². The number of para-hydroxylation sites is 8. The molecule has 10 aromatic rings. The van der Waals surface area contributed by atoms with Gasteiger partial charge in [-0.1, -0.05) is 345 Å². The number of anilines is 2. The van der Waals surface area contributed by atoms with Crippen LogP contribution in [0.5, 0.6) is 11.5 Å². The fraction of sp³-hybridized carbons (Fsp3) is 0.348. The van der Waals surface area contributed by atoms with Crippen molar-refractivity contribution in [2.45, 2.75) is 210 Å². The van der Waals surface area contributed by atoms with Gasteiger partial charge >= 0.3 is 52.4 Å². The Bertz CT molecular complexity index is 3900. The molecule has 538 valence electrons. The summed E-state index contributed by atoms with van der Waals surface area (Å²) < 4.78 is 4.17. The number of hydrogen-bond acceptors (Lipinski definition) is 2. The van der Waals surface area contributed by atoms with Crippen molar-refractivity contribution in [2.24, 2.45) is 0 Å². The van der Waals surface area contributed by atoms with E-state index in [1.807, 2.05) is 36.4 Å². The molecule has 10 heteroatoms. The normalized spacial score (nSPS) is 13.2. The van der Waals surface area contributed by atoms with Crippen LogP contribution in [0.1, 0.15) is 276 Å². The van der Waals surface area contributed by atoms with Crippen molar-refractivity contribution in [1.29, 1.82) is 0 Å². The average Bonchev–Trinajstić information content (AvgIpc) is 1.58.